The van der Waals surface area contributed by atoms with Crippen molar-refractivity contribution >= 4 is 21.4 Å². The van der Waals surface area contributed by atoms with Crippen LogP contribution in [0, 0.1) is 6.92 Å². The molecular formula is C13H15N3O3S2. The van der Waals surface area contributed by atoms with Gasteiger partial charge >= 0.3 is 0 Å². The van der Waals surface area contributed by atoms with Crippen LogP contribution in [0.5, 0.6) is 0 Å². The van der Waals surface area contributed by atoms with Crippen molar-refractivity contribution in [1.29, 1.82) is 0 Å². The van der Waals surface area contributed by atoms with Crippen LogP contribution in [0.25, 0.3) is 0 Å². The minimum absolute atomic E-state index is 0.233. The van der Waals surface area contributed by atoms with Gasteiger partial charge in [0.05, 0.1) is 17.2 Å². The van der Waals surface area contributed by atoms with Crippen molar-refractivity contribution in [2.75, 3.05) is 6.61 Å². The van der Waals surface area contributed by atoms with Crippen molar-refractivity contribution in [3.05, 3.63) is 41.3 Å². The Bertz CT molecular complexity index is 715. The van der Waals surface area contributed by atoms with Gasteiger partial charge in [-0.25, -0.2) is 18.1 Å². The fourth-order valence-electron chi connectivity index (χ4n) is 2.31. The van der Waals surface area contributed by atoms with Crippen LogP contribution in [-0.4, -0.2) is 31.0 Å². The zero-order valence-corrected chi connectivity index (χ0v) is 13.0. The molecule has 21 heavy (non-hydrogen) atoms. The molecule has 1 aliphatic heterocycles. The summed E-state index contributed by atoms with van der Waals surface area (Å²) in [6.45, 7) is 2.30. The zero-order valence-electron chi connectivity index (χ0n) is 11.4. The third-order valence-corrected chi connectivity index (χ3v) is 6.14. The molecule has 0 spiro atoms. The van der Waals surface area contributed by atoms with E-state index in [2.05, 4.69) is 14.7 Å². The summed E-state index contributed by atoms with van der Waals surface area (Å²) in [4.78, 5) is 8.05. The maximum atomic E-state index is 12.4. The predicted molar refractivity (Wildman–Crippen MR) is 78.5 cm³/mol. The van der Waals surface area contributed by atoms with E-state index >= 15 is 0 Å². The SMILES string of the molecule is Cc1ncc(S(=O)(=O)N[C@H]2CCO[C@@H]2c2cccnc2)s1. The lowest BCUT2D eigenvalue weighted by Gasteiger charge is -2.19. The van der Waals surface area contributed by atoms with Crippen molar-refractivity contribution in [2.24, 2.45) is 0 Å². The smallest absolute Gasteiger partial charge is 0.252 e. The average molecular weight is 325 g/mol. The lowest BCUT2D eigenvalue weighted by molar-refractivity contribution is 0.102. The third-order valence-electron chi connectivity index (χ3n) is 3.28. The number of thiazole rings is 1. The Morgan fingerprint density at radius 1 is 1.43 bits per heavy atom. The Morgan fingerprint density at radius 3 is 2.95 bits per heavy atom. The molecule has 1 fully saturated rings. The van der Waals surface area contributed by atoms with E-state index in [9.17, 15) is 8.42 Å². The molecule has 0 radical (unpaired) electrons. The van der Waals surface area contributed by atoms with Crippen molar-refractivity contribution in [3.63, 3.8) is 0 Å². The average Bonchev–Trinajstić information content (AvgIpc) is 3.09. The van der Waals surface area contributed by atoms with E-state index in [-0.39, 0.29) is 16.4 Å². The van der Waals surface area contributed by atoms with E-state index < -0.39 is 10.0 Å². The molecule has 0 unspecified atom stereocenters. The summed E-state index contributed by atoms with van der Waals surface area (Å²) in [6.07, 6.45) is 5.10. The Kier molecular flexibility index (Phi) is 4.03. The van der Waals surface area contributed by atoms with E-state index in [0.29, 0.717) is 13.0 Å². The fourth-order valence-corrected chi connectivity index (χ4v) is 4.70. The van der Waals surface area contributed by atoms with Crippen molar-refractivity contribution in [3.8, 4) is 0 Å². The van der Waals surface area contributed by atoms with Gasteiger partial charge in [-0.1, -0.05) is 6.07 Å². The highest BCUT2D eigenvalue weighted by Gasteiger charge is 2.34. The van der Waals surface area contributed by atoms with Crippen LogP contribution in [0.2, 0.25) is 0 Å². The number of hydrogen-bond acceptors (Lipinski definition) is 6. The van der Waals surface area contributed by atoms with E-state index in [1.54, 1.807) is 19.3 Å². The minimum atomic E-state index is -3.56. The molecule has 0 bridgehead atoms. The highest BCUT2D eigenvalue weighted by atomic mass is 32.2. The molecule has 1 aliphatic rings. The summed E-state index contributed by atoms with van der Waals surface area (Å²) in [7, 11) is -3.56. The number of aryl methyl sites for hydroxylation is 1. The Morgan fingerprint density at radius 2 is 2.29 bits per heavy atom. The first-order valence-corrected chi connectivity index (χ1v) is 8.82. The molecule has 8 heteroatoms. The Hall–Kier alpha value is -1.35. The number of nitrogens with zero attached hydrogens (tertiary/aromatic N) is 2. The number of sulfonamides is 1. The molecule has 0 aromatic carbocycles. The molecule has 0 amide bonds. The van der Waals surface area contributed by atoms with Crippen LogP contribution in [0.15, 0.2) is 34.9 Å². The van der Waals surface area contributed by atoms with Gasteiger partial charge in [0, 0.05) is 24.6 Å². The molecule has 3 rings (SSSR count). The molecule has 2 aromatic heterocycles. The van der Waals surface area contributed by atoms with Gasteiger partial charge in [0.25, 0.3) is 10.0 Å². The largest absolute Gasteiger partial charge is 0.372 e. The summed E-state index contributed by atoms with van der Waals surface area (Å²) in [5.41, 5.74) is 0.878. The minimum Gasteiger partial charge on any atom is -0.372 e. The number of pyridine rings is 1. The van der Waals surface area contributed by atoms with E-state index in [1.807, 2.05) is 12.1 Å². The molecule has 1 N–H and O–H groups in total. The van der Waals surface area contributed by atoms with Gasteiger partial charge in [0.1, 0.15) is 6.10 Å². The topological polar surface area (TPSA) is 81.2 Å². The predicted octanol–water partition coefficient (Wildman–Crippen LogP) is 1.66. The molecule has 1 saturated heterocycles. The number of aromatic nitrogens is 2. The molecule has 0 saturated carbocycles. The first-order valence-electron chi connectivity index (χ1n) is 6.52. The molecule has 3 heterocycles. The summed E-state index contributed by atoms with van der Waals surface area (Å²) in [6, 6.07) is 3.41. The quantitative estimate of drug-likeness (QED) is 0.924. The van der Waals surface area contributed by atoms with Gasteiger partial charge in [-0.15, -0.1) is 11.3 Å². The number of hydrogen-bond donors (Lipinski definition) is 1. The lowest BCUT2D eigenvalue weighted by Crippen LogP contribution is -2.36. The lowest BCUT2D eigenvalue weighted by atomic mass is 10.1. The van der Waals surface area contributed by atoms with Crippen molar-refractivity contribution in [2.45, 2.75) is 29.7 Å². The van der Waals surface area contributed by atoms with E-state index in [0.717, 1.165) is 21.9 Å². The van der Waals surface area contributed by atoms with Crippen molar-refractivity contribution in [1.82, 2.24) is 14.7 Å². The molecule has 112 valence electrons. The van der Waals surface area contributed by atoms with Gasteiger partial charge in [0.15, 0.2) is 4.21 Å². The monoisotopic (exact) mass is 325 g/mol. The van der Waals surface area contributed by atoms with Crippen molar-refractivity contribution < 1.29 is 13.2 Å². The Labute approximate surface area is 127 Å². The molecule has 6 nitrogen and oxygen atoms in total. The second-order valence-electron chi connectivity index (χ2n) is 4.79. The molecule has 2 aromatic rings. The highest BCUT2D eigenvalue weighted by molar-refractivity contribution is 7.91. The first-order chi connectivity index (χ1) is 10.1. The van der Waals surface area contributed by atoms with Gasteiger partial charge in [-0.2, -0.15) is 0 Å². The summed E-state index contributed by atoms with van der Waals surface area (Å²) >= 11 is 1.16. The maximum absolute atomic E-state index is 12.4. The number of nitrogens with one attached hydrogen (secondary N) is 1. The third kappa shape index (κ3) is 3.13. The zero-order chi connectivity index (χ0) is 14.9. The highest BCUT2D eigenvalue weighted by Crippen LogP contribution is 2.30. The van der Waals surface area contributed by atoms with E-state index in [4.69, 9.17) is 4.74 Å². The molecular weight excluding hydrogens is 310 g/mol. The maximum Gasteiger partial charge on any atom is 0.252 e. The van der Waals surface area contributed by atoms with Gasteiger partial charge in [-0.3, -0.25) is 4.98 Å². The number of rotatable bonds is 4. The summed E-state index contributed by atoms with van der Waals surface area (Å²) < 4.78 is 33.3. The van der Waals surface area contributed by atoms with E-state index in [1.165, 1.54) is 6.20 Å². The van der Waals surface area contributed by atoms with Crippen LogP contribution in [0.4, 0.5) is 0 Å². The molecule has 2 atom stereocenters. The second kappa shape index (κ2) is 5.80. The van der Waals surface area contributed by atoms with Crippen LogP contribution in [0.3, 0.4) is 0 Å². The van der Waals surface area contributed by atoms with Gasteiger partial charge in [-0.05, 0) is 19.4 Å². The van der Waals surface area contributed by atoms with Crippen LogP contribution in [-0.2, 0) is 14.8 Å². The van der Waals surface area contributed by atoms with Gasteiger partial charge < -0.3 is 4.74 Å². The summed E-state index contributed by atoms with van der Waals surface area (Å²) in [5.74, 6) is 0. The number of ether oxygens (including phenoxy) is 1. The molecule has 0 aliphatic carbocycles. The van der Waals surface area contributed by atoms with Gasteiger partial charge in [0.2, 0.25) is 0 Å². The normalized spacial score (nSPS) is 22.5. The first kappa shape index (κ1) is 14.6. The standard InChI is InChI=1S/C13H15N3O3S2/c1-9-15-8-12(20-9)21(17,18)16-11-4-6-19-13(11)10-3-2-5-14-7-10/h2-3,5,7-8,11,13,16H,4,6H2,1H3/t11-,13+/m0/s1. The van der Waals surface area contributed by atoms with Crippen LogP contribution >= 0.6 is 11.3 Å². The Balaban J connectivity index is 1.81. The summed E-state index contributed by atoms with van der Waals surface area (Å²) in [5, 5.41) is 0.724. The van der Waals surface area contributed by atoms with Crippen LogP contribution < -0.4 is 4.72 Å². The second-order valence-corrected chi connectivity index (χ2v) is 7.97. The fraction of sp³-hybridized carbons (Fsp3) is 0.385. The van der Waals surface area contributed by atoms with Crippen LogP contribution in [0.1, 0.15) is 23.1 Å².